The second-order valence-electron chi connectivity index (χ2n) is 9.33. The first-order chi connectivity index (χ1) is 18.6. The summed E-state index contributed by atoms with van der Waals surface area (Å²) in [6.45, 7) is 7.60. The highest BCUT2D eigenvalue weighted by molar-refractivity contribution is 9.10. The molecule has 5 rings (SSSR count). The number of ether oxygens (including phenoxy) is 2. The van der Waals surface area contributed by atoms with Crippen molar-refractivity contribution in [1.29, 1.82) is 0 Å². The molecule has 1 atom stereocenters. The van der Waals surface area contributed by atoms with E-state index >= 15 is 0 Å². The number of hydrogen-bond donors (Lipinski definition) is 0. The second kappa shape index (κ2) is 10.5. The highest BCUT2D eigenvalue weighted by Gasteiger charge is 2.38. The van der Waals surface area contributed by atoms with Gasteiger partial charge in [0.25, 0.3) is 11.5 Å². The van der Waals surface area contributed by atoms with E-state index in [0.29, 0.717) is 39.5 Å². The van der Waals surface area contributed by atoms with E-state index in [2.05, 4.69) is 36.9 Å². The zero-order valence-electron chi connectivity index (χ0n) is 21.9. The van der Waals surface area contributed by atoms with Gasteiger partial charge in [0.1, 0.15) is 16.3 Å². The smallest absolute Gasteiger partial charge is 0.338 e. The van der Waals surface area contributed by atoms with Crippen LogP contribution < -0.4 is 24.5 Å². The Kier molecular flexibility index (Phi) is 7.43. The fourth-order valence-electron chi connectivity index (χ4n) is 4.96. The Morgan fingerprint density at radius 2 is 1.82 bits per heavy atom. The minimum absolute atomic E-state index is 0.236. The van der Waals surface area contributed by atoms with Crippen LogP contribution in [0.2, 0.25) is 0 Å². The molecule has 0 N–H and O–H groups in total. The first kappa shape index (κ1) is 27.5. The molecular weight excluding hydrogens is 650 g/mol. The van der Waals surface area contributed by atoms with Gasteiger partial charge in [0.2, 0.25) is 0 Å². The maximum absolute atomic E-state index is 14.3. The number of rotatable bonds is 5. The average Bonchev–Trinajstić information content (AvgIpc) is 3.33. The molecule has 0 saturated heterocycles. The topological polar surface area (TPSA) is 90.2 Å². The Morgan fingerprint density at radius 3 is 2.49 bits per heavy atom. The third-order valence-corrected chi connectivity index (χ3v) is 8.61. The third-order valence-electron chi connectivity index (χ3n) is 6.57. The van der Waals surface area contributed by atoms with Crippen molar-refractivity contribution < 1.29 is 19.1 Å². The minimum Gasteiger partial charge on any atom is -0.496 e. The summed E-state index contributed by atoms with van der Waals surface area (Å²) in [6.07, 6.45) is -0.374. The SMILES string of the molecule is CCN1C(=O)/C(=c2\sc3n(c2=O)[C@@H](c2cc(Br)ccc2OC)C(C(=O)OC(C)C)=C(C)N=3)c2cc(Br)ccc21. The van der Waals surface area contributed by atoms with E-state index in [1.54, 1.807) is 31.7 Å². The van der Waals surface area contributed by atoms with Crippen LogP contribution in [0.4, 0.5) is 5.69 Å². The van der Waals surface area contributed by atoms with Crippen molar-refractivity contribution in [3.63, 3.8) is 0 Å². The van der Waals surface area contributed by atoms with E-state index in [1.807, 2.05) is 37.3 Å². The molecule has 0 radical (unpaired) electrons. The Hall–Kier alpha value is -3.02. The number of amides is 1. The van der Waals surface area contributed by atoms with Gasteiger partial charge in [-0.3, -0.25) is 14.2 Å². The van der Waals surface area contributed by atoms with Crippen molar-refractivity contribution in [2.75, 3.05) is 18.6 Å². The number of hydrogen-bond acceptors (Lipinski definition) is 7. The van der Waals surface area contributed by atoms with Gasteiger partial charge in [0.05, 0.1) is 35.7 Å². The number of likely N-dealkylation sites (N-methyl/N-ethyl adjacent to an activating group) is 1. The van der Waals surface area contributed by atoms with Gasteiger partial charge in [-0.2, -0.15) is 0 Å². The number of esters is 1. The van der Waals surface area contributed by atoms with E-state index in [0.717, 1.165) is 26.0 Å². The summed E-state index contributed by atoms with van der Waals surface area (Å²) < 4.78 is 14.5. The summed E-state index contributed by atoms with van der Waals surface area (Å²) in [6, 6.07) is 10.1. The number of carbonyl (C=O) groups is 2. The van der Waals surface area contributed by atoms with Crippen LogP contribution in [-0.4, -0.2) is 36.2 Å². The fraction of sp³-hybridized carbons (Fsp3) is 0.286. The van der Waals surface area contributed by atoms with E-state index < -0.39 is 17.6 Å². The molecule has 0 unspecified atom stereocenters. The summed E-state index contributed by atoms with van der Waals surface area (Å²) in [4.78, 5) is 48.0. The lowest BCUT2D eigenvalue weighted by Crippen LogP contribution is -2.41. The molecule has 3 aromatic rings. The number of methoxy groups -OCH3 is 1. The molecule has 2 aromatic carbocycles. The largest absolute Gasteiger partial charge is 0.496 e. The molecule has 1 amide bonds. The van der Waals surface area contributed by atoms with Crippen LogP contribution in [0.3, 0.4) is 0 Å². The summed E-state index contributed by atoms with van der Waals surface area (Å²) in [5.74, 6) is -0.323. The normalized spacial score (nSPS) is 17.8. The Balaban J connectivity index is 1.86. The maximum atomic E-state index is 14.3. The van der Waals surface area contributed by atoms with Gasteiger partial charge in [0, 0.05) is 26.6 Å². The average molecular weight is 675 g/mol. The Bertz CT molecular complexity index is 1760. The zero-order valence-corrected chi connectivity index (χ0v) is 25.9. The van der Waals surface area contributed by atoms with Crippen LogP contribution in [0.5, 0.6) is 5.75 Å². The molecule has 1 aromatic heterocycles. The van der Waals surface area contributed by atoms with Gasteiger partial charge < -0.3 is 14.4 Å². The highest BCUT2D eigenvalue weighted by Crippen LogP contribution is 2.39. The van der Waals surface area contributed by atoms with E-state index in [4.69, 9.17) is 9.47 Å². The van der Waals surface area contributed by atoms with E-state index in [-0.39, 0.29) is 22.1 Å². The number of nitrogens with zero attached hydrogens (tertiary/aromatic N) is 3. The molecule has 3 heterocycles. The van der Waals surface area contributed by atoms with Crippen molar-refractivity contribution in [1.82, 2.24) is 4.57 Å². The van der Waals surface area contributed by atoms with Gasteiger partial charge in [0.15, 0.2) is 4.80 Å². The van der Waals surface area contributed by atoms with Crippen LogP contribution in [0.25, 0.3) is 5.57 Å². The van der Waals surface area contributed by atoms with Gasteiger partial charge in [-0.25, -0.2) is 9.79 Å². The lowest BCUT2D eigenvalue weighted by atomic mass is 9.95. The van der Waals surface area contributed by atoms with Crippen LogP contribution in [0, 0.1) is 0 Å². The molecular formula is C28H25Br2N3O5S. The number of benzene rings is 2. The molecule has 2 aliphatic rings. The summed E-state index contributed by atoms with van der Waals surface area (Å²) >= 11 is 8.15. The molecule has 0 fully saturated rings. The molecule has 2 aliphatic heterocycles. The number of halogens is 2. The molecule has 202 valence electrons. The van der Waals surface area contributed by atoms with Crippen LogP contribution in [0.1, 0.15) is 44.9 Å². The molecule has 11 heteroatoms. The van der Waals surface area contributed by atoms with Crippen molar-refractivity contribution in [3.05, 3.63) is 87.4 Å². The second-order valence-corrected chi connectivity index (χ2v) is 12.1. The predicted molar refractivity (Wildman–Crippen MR) is 157 cm³/mol. The number of allylic oxidation sites excluding steroid dienone is 1. The van der Waals surface area contributed by atoms with Crippen LogP contribution in [-0.2, 0) is 14.3 Å². The first-order valence-electron chi connectivity index (χ1n) is 12.3. The zero-order chi connectivity index (χ0) is 28.2. The molecule has 0 saturated carbocycles. The quantitative estimate of drug-likeness (QED) is 0.373. The Labute approximate surface area is 245 Å². The number of fused-ring (bicyclic) bond motifs is 2. The number of anilines is 1. The first-order valence-corrected chi connectivity index (χ1v) is 14.7. The standard InChI is InChI=1S/C28H25Br2N3O5S/c1-6-32-19-9-7-15(29)11-17(19)22(25(32)34)24-26(35)33-23(18-12-16(30)8-10-20(18)37-5)21(27(36)38-13(2)3)14(4)31-28(33)39-24/h7-13,23H,6H2,1-5H3/b24-22-/t23-/m0/s1. The van der Waals surface area contributed by atoms with Crippen molar-refractivity contribution >= 4 is 66.3 Å². The van der Waals surface area contributed by atoms with Crippen molar-refractivity contribution in [2.45, 2.75) is 39.8 Å². The molecule has 39 heavy (non-hydrogen) atoms. The van der Waals surface area contributed by atoms with Gasteiger partial charge in [-0.15, -0.1) is 0 Å². The van der Waals surface area contributed by atoms with Gasteiger partial charge >= 0.3 is 5.97 Å². The van der Waals surface area contributed by atoms with Crippen LogP contribution in [0.15, 0.2) is 66.4 Å². The summed E-state index contributed by atoms with van der Waals surface area (Å²) in [5, 5.41) is 0. The maximum Gasteiger partial charge on any atom is 0.338 e. The van der Waals surface area contributed by atoms with Gasteiger partial charge in [-0.05, 0) is 64.1 Å². The molecule has 0 bridgehead atoms. The number of aromatic nitrogens is 1. The summed E-state index contributed by atoms with van der Waals surface area (Å²) in [7, 11) is 1.53. The monoisotopic (exact) mass is 673 g/mol. The Morgan fingerprint density at radius 1 is 1.13 bits per heavy atom. The lowest BCUT2D eigenvalue weighted by Gasteiger charge is -2.26. The molecule has 0 spiro atoms. The molecule has 0 aliphatic carbocycles. The van der Waals surface area contributed by atoms with E-state index in [1.165, 1.54) is 11.7 Å². The van der Waals surface area contributed by atoms with Crippen molar-refractivity contribution in [2.24, 2.45) is 4.99 Å². The van der Waals surface area contributed by atoms with Crippen molar-refractivity contribution in [3.8, 4) is 5.75 Å². The van der Waals surface area contributed by atoms with Crippen LogP contribution >= 0.6 is 43.2 Å². The number of thiazole rings is 1. The van der Waals surface area contributed by atoms with E-state index in [9.17, 15) is 14.4 Å². The minimum atomic E-state index is -0.880. The van der Waals surface area contributed by atoms with Gasteiger partial charge in [-0.1, -0.05) is 43.2 Å². The lowest BCUT2D eigenvalue weighted by molar-refractivity contribution is -0.143. The number of carbonyl (C=O) groups excluding carboxylic acids is 2. The fourth-order valence-corrected chi connectivity index (χ4v) is 6.84. The highest BCUT2D eigenvalue weighted by atomic mass is 79.9. The predicted octanol–water partition coefficient (Wildman–Crippen LogP) is 4.46. The summed E-state index contributed by atoms with van der Waals surface area (Å²) in [5.41, 5.74) is 2.58. The third kappa shape index (κ3) is 4.60. The molecule has 8 nitrogen and oxygen atoms in total.